The molecule has 1 amide bonds. The van der Waals surface area contributed by atoms with Crippen LogP contribution in [0.25, 0.3) is 5.69 Å². The summed E-state index contributed by atoms with van der Waals surface area (Å²) in [5.41, 5.74) is 4.64. The normalized spacial score (nSPS) is 17.0. The number of benzene rings is 2. The smallest absolute Gasteiger partial charge is 0.251 e. The SMILES string of the molecule is Cc1ccc(-n2ncc3c2CC(C)(C)C[C@H]3NC(=O)c2cccc(C#CC(C)(C)O)c2)cc1. The van der Waals surface area contributed by atoms with Crippen LogP contribution in [0, 0.1) is 24.2 Å². The third-order valence-corrected chi connectivity index (χ3v) is 5.90. The van der Waals surface area contributed by atoms with Crippen molar-refractivity contribution >= 4 is 5.91 Å². The Morgan fingerprint density at radius 2 is 1.94 bits per heavy atom. The lowest BCUT2D eigenvalue weighted by atomic mass is 9.74. The molecular formula is C28H31N3O2. The number of rotatable bonds is 3. The lowest BCUT2D eigenvalue weighted by Gasteiger charge is -2.36. The number of aliphatic hydroxyl groups is 1. The van der Waals surface area contributed by atoms with Crippen LogP contribution in [0.1, 0.15) is 72.9 Å². The van der Waals surface area contributed by atoms with Gasteiger partial charge in [-0.1, -0.05) is 49.5 Å². The van der Waals surface area contributed by atoms with E-state index in [1.54, 1.807) is 26.0 Å². The van der Waals surface area contributed by atoms with E-state index in [0.29, 0.717) is 11.1 Å². The second-order valence-corrected chi connectivity index (χ2v) is 10.3. The van der Waals surface area contributed by atoms with Crippen LogP contribution >= 0.6 is 0 Å². The van der Waals surface area contributed by atoms with E-state index in [2.05, 4.69) is 67.3 Å². The van der Waals surface area contributed by atoms with Gasteiger partial charge < -0.3 is 10.4 Å². The Balaban J connectivity index is 1.61. The number of nitrogens with zero attached hydrogens (tertiary/aromatic N) is 2. The molecule has 0 spiro atoms. The second-order valence-electron chi connectivity index (χ2n) is 10.3. The fraction of sp³-hybridized carbons (Fsp3) is 0.357. The molecule has 1 aliphatic rings. The average molecular weight is 442 g/mol. The van der Waals surface area contributed by atoms with Gasteiger partial charge in [-0.15, -0.1) is 0 Å². The summed E-state index contributed by atoms with van der Waals surface area (Å²) in [6.07, 6.45) is 3.62. The minimum absolute atomic E-state index is 0.0213. The molecule has 0 saturated heterocycles. The van der Waals surface area contributed by atoms with Gasteiger partial charge in [0.15, 0.2) is 0 Å². The fourth-order valence-electron chi connectivity index (χ4n) is 4.28. The van der Waals surface area contributed by atoms with Crippen LogP contribution in [-0.4, -0.2) is 26.4 Å². The molecule has 5 nitrogen and oxygen atoms in total. The van der Waals surface area contributed by atoms with Crippen LogP contribution in [-0.2, 0) is 6.42 Å². The Bertz CT molecular complexity index is 1230. The molecule has 1 aromatic heterocycles. The topological polar surface area (TPSA) is 67.2 Å². The zero-order valence-corrected chi connectivity index (χ0v) is 19.9. The summed E-state index contributed by atoms with van der Waals surface area (Å²) < 4.78 is 2.00. The highest BCUT2D eigenvalue weighted by atomic mass is 16.3. The van der Waals surface area contributed by atoms with Crippen molar-refractivity contribution in [2.24, 2.45) is 5.41 Å². The molecule has 1 heterocycles. The highest BCUT2D eigenvalue weighted by Gasteiger charge is 2.36. The number of hydrogen-bond acceptors (Lipinski definition) is 3. The molecule has 2 aromatic carbocycles. The second kappa shape index (κ2) is 8.53. The summed E-state index contributed by atoms with van der Waals surface area (Å²) in [7, 11) is 0. The molecule has 3 aromatic rings. The summed E-state index contributed by atoms with van der Waals surface area (Å²) in [5.74, 6) is 5.60. The van der Waals surface area contributed by atoms with Crippen LogP contribution < -0.4 is 5.32 Å². The number of aryl methyl sites for hydroxylation is 1. The summed E-state index contributed by atoms with van der Waals surface area (Å²) in [6.45, 7) is 9.80. The molecule has 2 N–H and O–H groups in total. The highest BCUT2D eigenvalue weighted by Crippen LogP contribution is 2.41. The highest BCUT2D eigenvalue weighted by molar-refractivity contribution is 5.94. The van der Waals surface area contributed by atoms with Crippen LogP contribution in [0.3, 0.4) is 0 Å². The van der Waals surface area contributed by atoms with E-state index >= 15 is 0 Å². The minimum Gasteiger partial charge on any atom is -0.378 e. The number of fused-ring (bicyclic) bond motifs is 1. The van der Waals surface area contributed by atoms with Gasteiger partial charge in [0, 0.05) is 16.7 Å². The molecule has 1 atom stereocenters. The standard InChI is InChI=1S/C28H31N3O2/c1-19-9-11-22(12-10-19)31-25-17-27(2,3)16-24(23(25)18-29-31)30-26(32)21-8-6-7-20(15-21)13-14-28(4,5)33/h6-12,15,18,24,33H,16-17H2,1-5H3,(H,30,32)/t24-/m1/s1. The number of nitrogens with one attached hydrogen (secondary N) is 1. The first kappa shape index (κ1) is 22.8. The van der Waals surface area contributed by atoms with Crippen molar-refractivity contribution in [2.45, 2.75) is 59.1 Å². The van der Waals surface area contributed by atoms with Gasteiger partial charge in [-0.2, -0.15) is 5.10 Å². The van der Waals surface area contributed by atoms with Gasteiger partial charge in [0.1, 0.15) is 5.60 Å². The summed E-state index contributed by atoms with van der Waals surface area (Å²) in [6, 6.07) is 15.4. The molecule has 33 heavy (non-hydrogen) atoms. The van der Waals surface area contributed by atoms with Gasteiger partial charge in [0.25, 0.3) is 5.91 Å². The van der Waals surface area contributed by atoms with Gasteiger partial charge in [-0.05, 0) is 69.4 Å². The first-order valence-corrected chi connectivity index (χ1v) is 11.3. The number of aromatic nitrogens is 2. The molecule has 5 heteroatoms. The van der Waals surface area contributed by atoms with Gasteiger partial charge in [-0.25, -0.2) is 4.68 Å². The predicted octanol–water partition coefficient (Wildman–Crippen LogP) is 4.75. The lowest BCUT2D eigenvalue weighted by molar-refractivity contribution is 0.0919. The van der Waals surface area contributed by atoms with Gasteiger partial charge in [0.2, 0.25) is 0 Å². The molecule has 0 bridgehead atoms. The summed E-state index contributed by atoms with van der Waals surface area (Å²) in [5, 5.41) is 17.8. The Labute approximate surface area is 195 Å². The molecule has 1 aliphatic carbocycles. The molecule has 0 aliphatic heterocycles. The Hall–Kier alpha value is -3.36. The third-order valence-electron chi connectivity index (χ3n) is 5.90. The number of carbonyl (C=O) groups excluding carboxylic acids is 1. The first-order valence-electron chi connectivity index (χ1n) is 11.3. The molecule has 170 valence electrons. The van der Waals surface area contributed by atoms with Gasteiger partial charge in [0.05, 0.1) is 23.6 Å². The summed E-state index contributed by atoms with van der Waals surface area (Å²) >= 11 is 0. The molecule has 0 saturated carbocycles. The number of carbonyl (C=O) groups is 1. The monoisotopic (exact) mass is 441 g/mol. The van der Waals surface area contributed by atoms with E-state index in [1.165, 1.54) is 5.56 Å². The minimum atomic E-state index is -1.08. The average Bonchev–Trinajstić information content (AvgIpc) is 3.15. The van der Waals surface area contributed by atoms with Crippen molar-refractivity contribution in [1.82, 2.24) is 15.1 Å². The Kier molecular flexibility index (Phi) is 5.90. The van der Waals surface area contributed by atoms with Crippen LogP contribution in [0.5, 0.6) is 0 Å². The maximum Gasteiger partial charge on any atom is 0.251 e. The molecule has 0 unspecified atom stereocenters. The zero-order chi connectivity index (χ0) is 23.8. The Morgan fingerprint density at radius 1 is 1.21 bits per heavy atom. The van der Waals surface area contributed by atoms with Crippen LogP contribution in [0.15, 0.2) is 54.7 Å². The largest absolute Gasteiger partial charge is 0.378 e. The Morgan fingerprint density at radius 3 is 2.64 bits per heavy atom. The van der Waals surface area contributed by atoms with Crippen molar-refractivity contribution < 1.29 is 9.90 Å². The number of amides is 1. The van der Waals surface area contributed by atoms with E-state index in [1.807, 2.05) is 23.0 Å². The maximum atomic E-state index is 13.2. The van der Waals surface area contributed by atoms with Gasteiger partial charge >= 0.3 is 0 Å². The van der Waals surface area contributed by atoms with Crippen molar-refractivity contribution in [3.63, 3.8) is 0 Å². The van der Waals surface area contributed by atoms with E-state index in [-0.39, 0.29) is 17.4 Å². The molecular weight excluding hydrogens is 410 g/mol. The first-order chi connectivity index (χ1) is 15.5. The third kappa shape index (κ3) is 5.35. The zero-order valence-electron chi connectivity index (χ0n) is 19.9. The van der Waals surface area contributed by atoms with Crippen molar-refractivity contribution in [1.29, 1.82) is 0 Å². The molecule has 4 rings (SSSR count). The lowest BCUT2D eigenvalue weighted by Crippen LogP contribution is -2.36. The summed E-state index contributed by atoms with van der Waals surface area (Å²) in [4.78, 5) is 13.2. The molecule has 0 fully saturated rings. The van der Waals surface area contributed by atoms with E-state index < -0.39 is 5.60 Å². The van der Waals surface area contributed by atoms with Gasteiger partial charge in [-0.3, -0.25) is 4.79 Å². The van der Waals surface area contributed by atoms with Crippen molar-refractivity contribution in [3.05, 3.63) is 82.7 Å². The van der Waals surface area contributed by atoms with Crippen molar-refractivity contribution in [2.75, 3.05) is 0 Å². The van der Waals surface area contributed by atoms with Crippen LogP contribution in [0.4, 0.5) is 0 Å². The van der Waals surface area contributed by atoms with Crippen LogP contribution in [0.2, 0.25) is 0 Å². The maximum absolute atomic E-state index is 13.2. The van der Waals surface area contributed by atoms with E-state index in [4.69, 9.17) is 0 Å². The fourth-order valence-corrected chi connectivity index (χ4v) is 4.28. The molecule has 0 radical (unpaired) electrons. The predicted molar refractivity (Wildman–Crippen MR) is 130 cm³/mol. The number of hydrogen-bond donors (Lipinski definition) is 2. The van der Waals surface area contributed by atoms with E-state index in [0.717, 1.165) is 29.8 Å². The van der Waals surface area contributed by atoms with E-state index in [9.17, 15) is 9.90 Å². The van der Waals surface area contributed by atoms with Crippen molar-refractivity contribution in [3.8, 4) is 17.5 Å². The quantitative estimate of drug-likeness (QED) is 0.577.